The third-order valence-corrected chi connectivity index (χ3v) is 2.57. The molecule has 0 aliphatic rings. The second-order valence-corrected chi connectivity index (χ2v) is 4.11. The van der Waals surface area contributed by atoms with E-state index in [0.29, 0.717) is 6.61 Å². The van der Waals surface area contributed by atoms with Crippen LogP contribution in [0.5, 0.6) is 5.75 Å². The molecule has 16 heavy (non-hydrogen) atoms. The number of ether oxygens (including phenoxy) is 1. The molecule has 1 N–H and O–H groups in total. The van der Waals surface area contributed by atoms with Crippen molar-refractivity contribution in [1.82, 2.24) is 0 Å². The quantitative estimate of drug-likeness (QED) is 0.851. The molecule has 2 nitrogen and oxygen atoms in total. The molecule has 0 amide bonds. The summed E-state index contributed by atoms with van der Waals surface area (Å²) in [5.74, 6) is 1.03. The van der Waals surface area contributed by atoms with Crippen LogP contribution in [0.3, 0.4) is 0 Å². The topological polar surface area (TPSA) is 29.5 Å². The molecular weight excluding hydrogens is 200 g/mol. The molecule has 0 spiro atoms. The number of hydrogen-bond donors (Lipinski definition) is 1. The second kappa shape index (κ2) is 4.99. The zero-order chi connectivity index (χ0) is 11.4. The van der Waals surface area contributed by atoms with Crippen LogP contribution in [0.1, 0.15) is 6.92 Å². The Hall–Kier alpha value is -1.54. The molecule has 0 saturated heterocycles. The van der Waals surface area contributed by atoms with Crippen LogP contribution in [0.25, 0.3) is 10.8 Å². The van der Waals surface area contributed by atoms with Crippen LogP contribution in [0.4, 0.5) is 0 Å². The van der Waals surface area contributed by atoms with Gasteiger partial charge in [0.05, 0.1) is 6.61 Å². The van der Waals surface area contributed by atoms with Crippen molar-refractivity contribution in [3.05, 3.63) is 42.5 Å². The van der Waals surface area contributed by atoms with E-state index in [1.54, 1.807) is 0 Å². The first-order valence-electron chi connectivity index (χ1n) is 5.52. The van der Waals surface area contributed by atoms with Crippen LogP contribution >= 0.6 is 0 Å². The molecule has 0 heterocycles. The highest BCUT2D eigenvalue weighted by atomic mass is 16.5. The van der Waals surface area contributed by atoms with Gasteiger partial charge in [-0.2, -0.15) is 0 Å². The van der Waals surface area contributed by atoms with Gasteiger partial charge in [0.2, 0.25) is 0 Å². The number of fused-ring (bicyclic) bond motifs is 1. The molecule has 2 heteroatoms. The van der Waals surface area contributed by atoms with E-state index >= 15 is 0 Å². The Morgan fingerprint density at radius 2 is 1.88 bits per heavy atom. The predicted octanol–water partition coefficient (Wildman–Crippen LogP) is 2.85. The van der Waals surface area contributed by atoms with Gasteiger partial charge in [0, 0.05) is 12.5 Å². The highest BCUT2D eigenvalue weighted by Gasteiger charge is 2.01. The molecule has 0 unspecified atom stereocenters. The minimum atomic E-state index is 0.160. The Kier molecular flexibility index (Phi) is 3.42. The van der Waals surface area contributed by atoms with E-state index in [1.165, 1.54) is 10.8 Å². The SMILES string of the molecule is C[C@H](CO)COc1ccc2ccccc2c1. The maximum Gasteiger partial charge on any atom is 0.119 e. The van der Waals surface area contributed by atoms with Gasteiger partial charge >= 0.3 is 0 Å². The molecule has 0 aromatic heterocycles. The summed E-state index contributed by atoms with van der Waals surface area (Å²) in [5.41, 5.74) is 0. The normalized spacial score (nSPS) is 12.6. The molecule has 2 aromatic rings. The molecule has 0 fully saturated rings. The van der Waals surface area contributed by atoms with Crippen LogP contribution in [0.2, 0.25) is 0 Å². The third-order valence-electron chi connectivity index (χ3n) is 2.57. The zero-order valence-electron chi connectivity index (χ0n) is 9.39. The van der Waals surface area contributed by atoms with Gasteiger partial charge in [-0.05, 0) is 22.9 Å². The number of rotatable bonds is 4. The Morgan fingerprint density at radius 3 is 2.62 bits per heavy atom. The smallest absolute Gasteiger partial charge is 0.119 e. The Labute approximate surface area is 95.5 Å². The van der Waals surface area contributed by atoms with Crippen LogP contribution in [0, 0.1) is 5.92 Å². The van der Waals surface area contributed by atoms with E-state index in [9.17, 15) is 0 Å². The fourth-order valence-corrected chi connectivity index (χ4v) is 1.55. The van der Waals surface area contributed by atoms with Crippen LogP contribution in [-0.2, 0) is 0 Å². The monoisotopic (exact) mass is 216 g/mol. The lowest BCUT2D eigenvalue weighted by molar-refractivity contribution is 0.174. The average Bonchev–Trinajstić information content (AvgIpc) is 2.35. The zero-order valence-corrected chi connectivity index (χ0v) is 9.39. The van der Waals surface area contributed by atoms with Crippen molar-refractivity contribution in [1.29, 1.82) is 0 Å². The second-order valence-electron chi connectivity index (χ2n) is 4.11. The first-order valence-corrected chi connectivity index (χ1v) is 5.52. The molecule has 84 valence electrons. The Bertz CT molecular complexity index is 465. The molecule has 2 aromatic carbocycles. The van der Waals surface area contributed by atoms with Crippen molar-refractivity contribution in [2.45, 2.75) is 6.92 Å². The van der Waals surface area contributed by atoms with Crippen molar-refractivity contribution in [3.8, 4) is 5.75 Å². The number of aliphatic hydroxyl groups is 1. The fourth-order valence-electron chi connectivity index (χ4n) is 1.55. The van der Waals surface area contributed by atoms with Gasteiger partial charge in [-0.15, -0.1) is 0 Å². The van der Waals surface area contributed by atoms with E-state index in [1.807, 2.05) is 37.3 Å². The van der Waals surface area contributed by atoms with Gasteiger partial charge in [0.25, 0.3) is 0 Å². The third kappa shape index (κ3) is 2.52. The lowest BCUT2D eigenvalue weighted by atomic mass is 10.1. The number of benzene rings is 2. The van der Waals surface area contributed by atoms with Gasteiger partial charge in [-0.25, -0.2) is 0 Å². The van der Waals surface area contributed by atoms with Crippen molar-refractivity contribution >= 4 is 10.8 Å². The minimum absolute atomic E-state index is 0.160. The van der Waals surface area contributed by atoms with E-state index in [2.05, 4.69) is 12.1 Å². The van der Waals surface area contributed by atoms with E-state index in [4.69, 9.17) is 9.84 Å². The van der Waals surface area contributed by atoms with Crippen LogP contribution in [0.15, 0.2) is 42.5 Å². The van der Waals surface area contributed by atoms with Gasteiger partial charge < -0.3 is 9.84 Å². The molecular formula is C14H16O2. The standard InChI is InChI=1S/C14H16O2/c1-11(9-15)10-16-14-7-6-12-4-2-3-5-13(12)8-14/h2-8,11,15H,9-10H2,1H3/t11-/m1/s1. The number of hydrogen-bond acceptors (Lipinski definition) is 2. The maximum absolute atomic E-state index is 8.90. The average molecular weight is 216 g/mol. The predicted molar refractivity (Wildman–Crippen MR) is 65.7 cm³/mol. The van der Waals surface area contributed by atoms with E-state index in [0.717, 1.165) is 5.75 Å². The molecule has 0 aliphatic carbocycles. The summed E-state index contributed by atoms with van der Waals surface area (Å²) in [7, 11) is 0. The molecule has 0 bridgehead atoms. The van der Waals surface area contributed by atoms with Crippen LogP contribution < -0.4 is 4.74 Å². The van der Waals surface area contributed by atoms with Gasteiger partial charge in [-0.3, -0.25) is 0 Å². The molecule has 1 atom stereocenters. The van der Waals surface area contributed by atoms with Gasteiger partial charge in [0.15, 0.2) is 0 Å². The summed E-state index contributed by atoms with van der Waals surface area (Å²) in [4.78, 5) is 0. The molecule has 2 rings (SSSR count). The molecule has 0 radical (unpaired) electrons. The number of aliphatic hydroxyl groups excluding tert-OH is 1. The summed E-state index contributed by atoms with van der Waals surface area (Å²) >= 11 is 0. The minimum Gasteiger partial charge on any atom is -0.493 e. The first-order chi connectivity index (χ1) is 7.79. The lowest BCUT2D eigenvalue weighted by Gasteiger charge is -2.10. The van der Waals surface area contributed by atoms with Crippen molar-refractivity contribution < 1.29 is 9.84 Å². The summed E-state index contributed by atoms with van der Waals surface area (Å²) in [6.45, 7) is 2.67. The first kappa shape index (κ1) is 11.0. The Balaban J connectivity index is 2.13. The van der Waals surface area contributed by atoms with Crippen molar-refractivity contribution in [2.24, 2.45) is 5.92 Å². The van der Waals surface area contributed by atoms with Crippen LogP contribution in [-0.4, -0.2) is 18.3 Å². The lowest BCUT2D eigenvalue weighted by Crippen LogP contribution is -2.11. The summed E-state index contributed by atoms with van der Waals surface area (Å²) in [5, 5.41) is 11.3. The van der Waals surface area contributed by atoms with Crippen molar-refractivity contribution in [2.75, 3.05) is 13.2 Å². The fraction of sp³-hybridized carbons (Fsp3) is 0.286. The van der Waals surface area contributed by atoms with Gasteiger partial charge in [-0.1, -0.05) is 37.3 Å². The summed E-state index contributed by atoms with van der Waals surface area (Å²) < 4.78 is 5.61. The largest absolute Gasteiger partial charge is 0.493 e. The highest BCUT2D eigenvalue weighted by molar-refractivity contribution is 5.83. The van der Waals surface area contributed by atoms with Crippen molar-refractivity contribution in [3.63, 3.8) is 0 Å². The summed E-state index contributed by atoms with van der Waals surface area (Å²) in [6.07, 6.45) is 0. The van der Waals surface area contributed by atoms with Gasteiger partial charge in [0.1, 0.15) is 5.75 Å². The maximum atomic E-state index is 8.90. The molecule has 0 aliphatic heterocycles. The van der Waals surface area contributed by atoms with E-state index < -0.39 is 0 Å². The summed E-state index contributed by atoms with van der Waals surface area (Å²) in [6, 6.07) is 14.2. The molecule has 0 saturated carbocycles. The van der Waals surface area contributed by atoms with E-state index in [-0.39, 0.29) is 12.5 Å². The Morgan fingerprint density at radius 1 is 1.12 bits per heavy atom. The highest BCUT2D eigenvalue weighted by Crippen LogP contribution is 2.20.